The van der Waals surface area contributed by atoms with E-state index in [1.165, 1.54) is 6.92 Å². The standard InChI is InChI=1S/C15H20N2O3/c1-11(18)17-13-5-3-12(4-6-13)7-14(19)16-8-15(2)9-20-10-15/h3-6H,7-10H2,1-2H3,(H,16,19)(H,17,18). The highest BCUT2D eigenvalue weighted by Gasteiger charge is 2.33. The molecular formula is C15H20N2O3. The predicted octanol–water partition coefficient (Wildman–Crippen LogP) is 1.34. The van der Waals surface area contributed by atoms with E-state index in [4.69, 9.17) is 4.74 Å². The van der Waals surface area contributed by atoms with Crippen molar-refractivity contribution in [3.05, 3.63) is 29.8 Å². The van der Waals surface area contributed by atoms with Crippen LogP contribution in [0, 0.1) is 5.41 Å². The second-order valence-corrected chi connectivity index (χ2v) is 5.64. The Balaban J connectivity index is 1.80. The lowest BCUT2D eigenvalue weighted by atomic mass is 9.89. The topological polar surface area (TPSA) is 67.4 Å². The molecular weight excluding hydrogens is 256 g/mol. The maximum Gasteiger partial charge on any atom is 0.224 e. The first-order chi connectivity index (χ1) is 9.47. The van der Waals surface area contributed by atoms with Crippen LogP contribution < -0.4 is 10.6 Å². The molecule has 1 aliphatic heterocycles. The summed E-state index contributed by atoms with van der Waals surface area (Å²) in [7, 11) is 0. The van der Waals surface area contributed by atoms with Gasteiger partial charge in [0.25, 0.3) is 0 Å². The molecule has 108 valence electrons. The first-order valence-electron chi connectivity index (χ1n) is 6.68. The number of carbonyl (C=O) groups excluding carboxylic acids is 2. The highest BCUT2D eigenvalue weighted by Crippen LogP contribution is 2.25. The highest BCUT2D eigenvalue weighted by atomic mass is 16.5. The van der Waals surface area contributed by atoms with Gasteiger partial charge in [-0.2, -0.15) is 0 Å². The van der Waals surface area contributed by atoms with Crippen molar-refractivity contribution in [3.63, 3.8) is 0 Å². The summed E-state index contributed by atoms with van der Waals surface area (Å²) in [5, 5.41) is 5.62. The van der Waals surface area contributed by atoms with Gasteiger partial charge >= 0.3 is 0 Å². The average molecular weight is 276 g/mol. The molecule has 2 rings (SSSR count). The van der Waals surface area contributed by atoms with Crippen LogP contribution in [0.4, 0.5) is 5.69 Å². The molecule has 1 saturated heterocycles. The number of rotatable bonds is 5. The van der Waals surface area contributed by atoms with E-state index in [9.17, 15) is 9.59 Å². The van der Waals surface area contributed by atoms with E-state index in [2.05, 4.69) is 17.6 Å². The van der Waals surface area contributed by atoms with Gasteiger partial charge in [0.2, 0.25) is 11.8 Å². The summed E-state index contributed by atoms with van der Waals surface area (Å²) in [6.07, 6.45) is 0.345. The lowest BCUT2D eigenvalue weighted by molar-refractivity contribution is -0.126. The van der Waals surface area contributed by atoms with Crippen molar-refractivity contribution in [3.8, 4) is 0 Å². The van der Waals surface area contributed by atoms with E-state index in [0.29, 0.717) is 26.2 Å². The molecule has 1 aliphatic rings. The molecule has 0 radical (unpaired) electrons. The normalized spacial score (nSPS) is 16.1. The van der Waals surface area contributed by atoms with Gasteiger partial charge in [-0.15, -0.1) is 0 Å². The lowest BCUT2D eigenvalue weighted by Crippen LogP contribution is -2.48. The van der Waals surface area contributed by atoms with Crippen LogP contribution in [0.5, 0.6) is 0 Å². The van der Waals surface area contributed by atoms with Crippen molar-refractivity contribution >= 4 is 17.5 Å². The monoisotopic (exact) mass is 276 g/mol. The molecule has 1 aromatic rings. The Labute approximate surface area is 118 Å². The van der Waals surface area contributed by atoms with Gasteiger partial charge in [0, 0.05) is 24.6 Å². The number of hydrogen-bond acceptors (Lipinski definition) is 3. The average Bonchev–Trinajstić information content (AvgIpc) is 2.36. The number of nitrogens with one attached hydrogen (secondary N) is 2. The van der Waals surface area contributed by atoms with Crippen molar-refractivity contribution in [2.24, 2.45) is 5.41 Å². The molecule has 0 bridgehead atoms. The lowest BCUT2D eigenvalue weighted by Gasteiger charge is -2.38. The quantitative estimate of drug-likeness (QED) is 0.853. The Bertz CT molecular complexity index is 492. The molecule has 0 aromatic heterocycles. The third-order valence-corrected chi connectivity index (χ3v) is 3.25. The zero-order valence-electron chi connectivity index (χ0n) is 11.9. The molecule has 1 aromatic carbocycles. The Kier molecular flexibility index (Phi) is 4.39. The third kappa shape index (κ3) is 4.06. The fraction of sp³-hybridized carbons (Fsp3) is 0.467. The molecule has 0 saturated carbocycles. The van der Waals surface area contributed by atoms with Gasteiger partial charge < -0.3 is 15.4 Å². The van der Waals surface area contributed by atoms with Gasteiger partial charge in [-0.1, -0.05) is 19.1 Å². The van der Waals surface area contributed by atoms with Crippen molar-refractivity contribution in [2.45, 2.75) is 20.3 Å². The summed E-state index contributed by atoms with van der Waals surface area (Å²) < 4.78 is 5.15. The van der Waals surface area contributed by atoms with Gasteiger partial charge in [-0.05, 0) is 17.7 Å². The molecule has 0 atom stereocenters. The summed E-state index contributed by atoms with van der Waals surface area (Å²) in [5.74, 6) is -0.100. The Morgan fingerprint density at radius 3 is 2.40 bits per heavy atom. The maximum absolute atomic E-state index is 11.8. The minimum absolute atomic E-state index is 0.00500. The summed E-state index contributed by atoms with van der Waals surface area (Å²) in [5.41, 5.74) is 1.75. The minimum Gasteiger partial charge on any atom is -0.380 e. The number of ether oxygens (including phenoxy) is 1. The summed E-state index contributed by atoms with van der Waals surface area (Å²) in [4.78, 5) is 22.7. The molecule has 2 amide bonds. The smallest absolute Gasteiger partial charge is 0.224 e. The van der Waals surface area contributed by atoms with E-state index < -0.39 is 0 Å². The number of carbonyl (C=O) groups is 2. The first-order valence-corrected chi connectivity index (χ1v) is 6.68. The zero-order chi connectivity index (χ0) is 14.6. The van der Waals surface area contributed by atoms with Crippen LogP contribution in [0.2, 0.25) is 0 Å². The summed E-state index contributed by atoms with van der Waals surface area (Å²) in [6, 6.07) is 7.29. The molecule has 0 spiro atoms. The van der Waals surface area contributed by atoms with Crippen molar-refractivity contribution in [1.82, 2.24) is 5.32 Å². The van der Waals surface area contributed by atoms with Gasteiger partial charge in [-0.3, -0.25) is 9.59 Å². The fourth-order valence-electron chi connectivity index (χ4n) is 2.02. The summed E-state index contributed by atoms with van der Waals surface area (Å²) in [6.45, 7) is 5.62. The second-order valence-electron chi connectivity index (χ2n) is 5.64. The van der Waals surface area contributed by atoms with Crippen LogP contribution in [0.15, 0.2) is 24.3 Å². The van der Waals surface area contributed by atoms with Crippen LogP contribution in [0.25, 0.3) is 0 Å². The Morgan fingerprint density at radius 2 is 1.90 bits per heavy atom. The zero-order valence-corrected chi connectivity index (χ0v) is 11.9. The van der Waals surface area contributed by atoms with Gasteiger partial charge in [0.1, 0.15) is 0 Å². The summed E-state index contributed by atoms with van der Waals surface area (Å²) >= 11 is 0. The van der Waals surface area contributed by atoms with Crippen LogP contribution in [0.1, 0.15) is 19.4 Å². The maximum atomic E-state index is 11.8. The number of benzene rings is 1. The highest BCUT2D eigenvalue weighted by molar-refractivity contribution is 5.88. The molecule has 1 heterocycles. The van der Waals surface area contributed by atoms with E-state index >= 15 is 0 Å². The molecule has 0 unspecified atom stereocenters. The van der Waals surface area contributed by atoms with E-state index in [1.54, 1.807) is 12.1 Å². The largest absolute Gasteiger partial charge is 0.380 e. The Hall–Kier alpha value is -1.88. The van der Waals surface area contributed by atoms with Crippen LogP contribution in [-0.2, 0) is 20.7 Å². The van der Waals surface area contributed by atoms with Crippen LogP contribution >= 0.6 is 0 Å². The van der Waals surface area contributed by atoms with E-state index in [-0.39, 0.29) is 17.2 Å². The molecule has 0 aliphatic carbocycles. The fourth-order valence-corrected chi connectivity index (χ4v) is 2.02. The van der Waals surface area contributed by atoms with Crippen molar-refractivity contribution in [1.29, 1.82) is 0 Å². The van der Waals surface area contributed by atoms with Crippen molar-refractivity contribution < 1.29 is 14.3 Å². The van der Waals surface area contributed by atoms with Crippen LogP contribution in [-0.4, -0.2) is 31.6 Å². The predicted molar refractivity (Wildman–Crippen MR) is 76.4 cm³/mol. The van der Waals surface area contributed by atoms with Gasteiger partial charge in [0.15, 0.2) is 0 Å². The van der Waals surface area contributed by atoms with Gasteiger partial charge in [-0.25, -0.2) is 0 Å². The first kappa shape index (κ1) is 14.5. The third-order valence-electron chi connectivity index (χ3n) is 3.25. The molecule has 1 fully saturated rings. The minimum atomic E-state index is -0.105. The van der Waals surface area contributed by atoms with Crippen LogP contribution in [0.3, 0.4) is 0 Å². The molecule has 5 nitrogen and oxygen atoms in total. The Morgan fingerprint density at radius 1 is 1.25 bits per heavy atom. The van der Waals surface area contributed by atoms with E-state index in [1.807, 2.05) is 12.1 Å². The number of anilines is 1. The van der Waals surface area contributed by atoms with Crippen molar-refractivity contribution in [2.75, 3.05) is 25.1 Å². The molecule has 2 N–H and O–H groups in total. The molecule has 5 heteroatoms. The molecule has 20 heavy (non-hydrogen) atoms. The SMILES string of the molecule is CC(=O)Nc1ccc(CC(=O)NCC2(C)COC2)cc1. The second kappa shape index (κ2) is 6.05. The number of amides is 2. The number of hydrogen-bond donors (Lipinski definition) is 2. The van der Waals surface area contributed by atoms with E-state index in [0.717, 1.165) is 11.3 Å². The van der Waals surface area contributed by atoms with Gasteiger partial charge in [0.05, 0.1) is 19.6 Å².